The molecule has 3 rings (SSSR count). The third kappa shape index (κ3) is 2.04. The first kappa shape index (κ1) is 11.7. The third-order valence-electron chi connectivity index (χ3n) is 2.79. The number of aromatic nitrogens is 3. The van der Waals surface area contributed by atoms with E-state index in [0.29, 0.717) is 5.15 Å². The van der Waals surface area contributed by atoms with E-state index >= 15 is 0 Å². The second kappa shape index (κ2) is 4.37. The first-order valence-corrected chi connectivity index (χ1v) is 5.85. The van der Waals surface area contributed by atoms with Gasteiger partial charge in [-0.3, -0.25) is 4.57 Å². The average molecular weight is 274 g/mol. The van der Waals surface area contributed by atoms with Crippen molar-refractivity contribution >= 4 is 28.6 Å². The monoisotopic (exact) mass is 273 g/mol. The van der Waals surface area contributed by atoms with Crippen molar-refractivity contribution in [1.82, 2.24) is 14.5 Å². The van der Waals surface area contributed by atoms with Crippen molar-refractivity contribution in [2.24, 2.45) is 0 Å². The number of benzene rings is 1. The van der Waals surface area contributed by atoms with Crippen LogP contribution in [0.4, 0.5) is 0 Å². The highest BCUT2D eigenvalue weighted by molar-refractivity contribution is 6.29. The molecule has 0 saturated carbocycles. The summed E-state index contributed by atoms with van der Waals surface area (Å²) < 4.78 is 1.83. The van der Waals surface area contributed by atoms with Crippen LogP contribution in [0.5, 0.6) is 0 Å². The van der Waals surface area contributed by atoms with Crippen LogP contribution in [0.1, 0.15) is 10.4 Å². The van der Waals surface area contributed by atoms with Crippen molar-refractivity contribution in [3.05, 3.63) is 53.6 Å². The third-order valence-corrected chi connectivity index (χ3v) is 3.00. The first-order chi connectivity index (χ1) is 9.15. The summed E-state index contributed by atoms with van der Waals surface area (Å²) in [7, 11) is 0. The van der Waals surface area contributed by atoms with Gasteiger partial charge >= 0.3 is 5.97 Å². The number of carboxylic acid groups (broad SMARTS) is 1. The summed E-state index contributed by atoms with van der Waals surface area (Å²) in [6, 6.07) is 8.26. The minimum atomic E-state index is -0.950. The molecule has 5 nitrogen and oxygen atoms in total. The fraction of sp³-hybridized carbons (Fsp3) is 0. The maximum Gasteiger partial charge on any atom is 0.335 e. The van der Waals surface area contributed by atoms with Crippen molar-refractivity contribution in [3.8, 4) is 5.69 Å². The fourth-order valence-electron chi connectivity index (χ4n) is 1.86. The number of carbonyl (C=O) groups is 1. The maximum atomic E-state index is 10.8. The summed E-state index contributed by atoms with van der Waals surface area (Å²) >= 11 is 5.87. The van der Waals surface area contributed by atoms with Crippen LogP contribution in [-0.2, 0) is 0 Å². The Hall–Kier alpha value is -2.40. The van der Waals surface area contributed by atoms with E-state index < -0.39 is 5.97 Å². The summed E-state index contributed by atoms with van der Waals surface area (Å²) in [5.74, 6) is -0.950. The van der Waals surface area contributed by atoms with E-state index in [1.54, 1.807) is 42.9 Å². The standard InChI is InChI=1S/C13H8ClN3O2/c14-12-5-11-10(6-15-12)16-7-17(11)9-3-1-8(2-4-9)13(18)19/h1-7H,(H,18,19). The Kier molecular flexibility index (Phi) is 2.68. The van der Waals surface area contributed by atoms with Gasteiger partial charge in [0.05, 0.1) is 17.3 Å². The molecule has 0 unspecified atom stereocenters. The van der Waals surface area contributed by atoms with Gasteiger partial charge < -0.3 is 5.11 Å². The number of hydrogen-bond donors (Lipinski definition) is 1. The molecule has 0 spiro atoms. The molecule has 0 amide bonds. The zero-order chi connectivity index (χ0) is 13.4. The summed E-state index contributed by atoms with van der Waals surface area (Å²) in [4.78, 5) is 19.0. The lowest BCUT2D eigenvalue weighted by Gasteiger charge is -2.04. The van der Waals surface area contributed by atoms with Crippen LogP contribution < -0.4 is 0 Å². The fourth-order valence-corrected chi connectivity index (χ4v) is 2.01. The van der Waals surface area contributed by atoms with E-state index in [2.05, 4.69) is 9.97 Å². The average Bonchev–Trinajstić information content (AvgIpc) is 2.81. The highest BCUT2D eigenvalue weighted by Crippen LogP contribution is 2.20. The lowest BCUT2D eigenvalue weighted by atomic mass is 10.2. The minimum absolute atomic E-state index is 0.243. The zero-order valence-electron chi connectivity index (χ0n) is 9.62. The molecule has 0 aliphatic rings. The SMILES string of the molecule is O=C(O)c1ccc(-n2cnc3cnc(Cl)cc32)cc1. The summed E-state index contributed by atoms with van der Waals surface area (Å²) in [6.45, 7) is 0. The summed E-state index contributed by atoms with van der Waals surface area (Å²) in [5, 5.41) is 9.26. The van der Waals surface area contributed by atoms with Gasteiger partial charge in [-0.1, -0.05) is 11.6 Å². The van der Waals surface area contributed by atoms with E-state index in [1.807, 2.05) is 4.57 Å². The molecule has 6 heteroatoms. The molecule has 1 aromatic carbocycles. The molecule has 19 heavy (non-hydrogen) atoms. The van der Waals surface area contributed by atoms with Gasteiger partial charge in [-0.15, -0.1) is 0 Å². The van der Waals surface area contributed by atoms with Crippen LogP contribution in [0.25, 0.3) is 16.7 Å². The number of carboxylic acids is 1. The minimum Gasteiger partial charge on any atom is -0.478 e. The van der Waals surface area contributed by atoms with Gasteiger partial charge in [0.2, 0.25) is 0 Å². The molecule has 1 N–H and O–H groups in total. The van der Waals surface area contributed by atoms with Gasteiger partial charge in [-0.2, -0.15) is 0 Å². The molecule has 94 valence electrons. The Morgan fingerprint density at radius 2 is 1.95 bits per heavy atom. The number of halogens is 1. The van der Waals surface area contributed by atoms with Crippen molar-refractivity contribution in [1.29, 1.82) is 0 Å². The number of imidazole rings is 1. The predicted molar refractivity (Wildman–Crippen MR) is 70.8 cm³/mol. The number of hydrogen-bond acceptors (Lipinski definition) is 3. The lowest BCUT2D eigenvalue weighted by Crippen LogP contribution is -1.97. The lowest BCUT2D eigenvalue weighted by molar-refractivity contribution is 0.0697. The quantitative estimate of drug-likeness (QED) is 0.729. The number of nitrogens with zero attached hydrogens (tertiary/aromatic N) is 3. The number of rotatable bonds is 2. The van der Waals surface area contributed by atoms with E-state index in [4.69, 9.17) is 16.7 Å². The molecular formula is C13H8ClN3O2. The highest BCUT2D eigenvalue weighted by Gasteiger charge is 2.07. The van der Waals surface area contributed by atoms with Gasteiger partial charge in [0.25, 0.3) is 0 Å². The number of pyridine rings is 1. The van der Waals surface area contributed by atoms with Gasteiger partial charge in [0.15, 0.2) is 0 Å². The second-order valence-electron chi connectivity index (χ2n) is 3.96. The maximum absolute atomic E-state index is 10.8. The smallest absolute Gasteiger partial charge is 0.335 e. The normalized spacial score (nSPS) is 10.8. The Bertz CT molecular complexity index is 765. The first-order valence-electron chi connectivity index (χ1n) is 5.47. The van der Waals surface area contributed by atoms with Crippen molar-refractivity contribution in [3.63, 3.8) is 0 Å². The van der Waals surface area contributed by atoms with Crippen LogP contribution in [-0.4, -0.2) is 25.6 Å². The molecule has 0 aliphatic carbocycles. The molecule has 0 radical (unpaired) electrons. The molecular weight excluding hydrogens is 266 g/mol. The number of fused-ring (bicyclic) bond motifs is 1. The largest absolute Gasteiger partial charge is 0.478 e. The van der Waals surface area contributed by atoms with E-state index in [0.717, 1.165) is 16.7 Å². The Balaban J connectivity index is 2.13. The predicted octanol–water partition coefficient (Wildman–Crippen LogP) is 2.77. The van der Waals surface area contributed by atoms with Crippen molar-refractivity contribution in [2.75, 3.05) is 0 Å². The Labute approximate surface area is 113 Å². The van der Waals surface area contributed by atoms with Gasteiger partial charge in [0.1, 0.15) is 17.0 Å². The molecule has 3 aromatic rings. The van der Waals surface area contributed by atoms with Crippen LogP contribution >= 0.6 is 11.6 Å². The van der Waals surface area contributed by atoms with E-state index in [9.17, 15) is 4.79 Å². The zero-order valence-corrected chi connectivity index (χ0v) is 10.4. The molecule has 2 heterocycles. The Morgan fingerprint density at radius 1 is 1.21 bits per heavy atom. The van der Waals surface area contributed by atoms with Crippen LogP contribution in [0.3, 0.4) is 0 Å². The summed E-state index contributed by atoms with van der Waals surface area (Å²) in [6.07, 6.45) is 3.25. The van der Waals surface area contributed by atoms with Crippen LogP contribution in [0.2, 0.25) is 5.15 Å². The second-order valence-corrected chi connectivity index (χ2v) is 4.35. The van der Waals surface area contributed by atoms with Gasteiger partial charge in [-0.05, 0) is 24.3 Å². The van der Waals surface area contributed by atoms with E-state index in [1.165, 1.54) is 0 Å². The van der Waals surface area contributed by atoms with Crippen molar-refractivity contribution in [2.45, 2.75) is 0 Å². The molecule has 0 bridgehead atoms. The van der Waals surface area contributed by atoms with Gasteiger partial charge in [0, 0.05) is 11.8 Å². The van der Waals surface area contributed by atoms with E-state index in [-0.39, 0.29) is 5.56 Å². The topological polar surface area (TPSA) is 68.0 Å². The Morgan fingerprint density at radius 3 is 2.63 bits per heavy atom. The van der Waals surface area contributed by atoms with Crippen LogP contribution in [0, 0.1) is 0 Å². The molecule has 0 atom stereocenters. The molecule has 2 aromatic heterocycles. The van der Waals surface area contributed by atoms with Gasteiger partial charge in [-0.25, -0.2) is 14.8 Å². The summed E-state index contributed by atoms with van der Waals surface area (Å²) in [5.41, 5.74) is 2.61. The molecule has 0 fully saturated rings. The highest BCUT2D eigenvalue weighted by atomic mass is 35.5. The molecule has 0 aliphatic heterocycles. The van der Waals surface area contributed by atoms with Crippen LogP contribution in [0.15, 0.2) is 42.9 Å². The molecule has 0 saturated heterocycles. The number of aromatic carboxylic acids is 1. The van der Waals surface area contributed by atoms with Crippen molar-refractivity contribution < 1.29 is 9.90 Å².